The maximum atomic E-state index is 12.4. The average Bonchev–Trinajstić information content (AvgIpc) is 3.19. The molecule has 3 heterocycles. The van der Waals surface area contributed by atoms with Gasteiger partial charge in [0.1, 0.15) is 0 Å². The molecule has 0 radical (unpaired) electrons. The van der Waals surface area contributed by atoms with Crippen LogP contribution in [0.4, 0.5) is 0 Å². The number of hydrogen-bond donors (Lipinski definition) is 2. The second kappa shape index (κ2) is 6.34. The third kappa shape index (κ3) is 2.66. The molecule has 0 aliphatic rings. The molecule has 0 unspecified atom stereocenters. The van der Waals surface area contributed by atoms with E-state index < -0.39 is 11.2 Å². The molecule has 9 heteroatoms. The number of rotatable bonds is 4. The Balaban J connectivity index is 1.90. The molecular formula is C17H16N6O2S. The number of aryl methyl sites for hydroxylation is 1. The van der Waals surface area contributed by atoms with E-state index in [1.54, 1.807) is 11.6 Å². The van der Waals surface area contributed by atoms with Gasteiger partial charge in [-0.25, -0.2) is 14.8 Å². The van der Waals surface area contributed by atoms with Crippen LogP contribution < -0.4 is 11.2 Å². The Hall–Kier alpha value is -3.07. The van der Waals surface area contributed by atoms with Gasteiger partial charge in [-0.05, 0) is 30.8 Å². The van der Waals surface area contributed by atoms with E-state index in [2.05, 4.69) is 19.9 Å². The van der Waals surface area contributed by atoms with Crippen molar-refractivity contribution in [3.05, 3.63) is 57.3 Å². The summed E-state index contributed by atoms with van der Waals surface area (Å²) in [6.45, 7) is 2.38. The topological polar surface area (TPSA) is 101 Å². The molecule has 0 spiro atoms. The summed E-state index contributed by atoms with van der Waals surface area (Å²) in [5, 5.41) is 1.26. The number of benzene rings is 1. The van der Waals surface area contributed by atoms with E-state index in [0.717, 1.165) is 11.0 Å². The van der Waals surface area contributed by atoms with Gasteiger partial charge in [-0.1, -0.05) is 24.3 Å². The molecular weight excluding hydrogens is 352 g/mol. The van der Waals surface area contributed by atoms with Crippen molar-refractivity contribution in [2.45, 2.75) is 23.8 Å². The van der Waals surface area contributed by atoms with Crippen molar-refractivity contribution in [3.63, 3.8) is 0 Å². The highest BCUT2D eigenvalue weighted by Gasteiger charge is 2.18. The van der Waals surface area contributed by atoms with Gasteiger partial charge in [0.2, 0.25) is 0 Å². The molecule has 8 nitrogen and oxygen atoms in total. The Bertz CT molecular complexity index is 1230. The summed E-state index contributed by atoms with van der Waals surface area (Å²) >= 11 is 1.32. The standard InChI is InChI=1S/C17H16N6O2S/c1-3-4-9-23-12-13(22(2)16(25)21-14(12)24)20-17(23)26-15-18-10-7-5-6-8-11(10)19-15/h3-8H,9H2,1-2H3,(H,18,19)(H,21,24,25). The van der Waals surface area contributed by atoms with Crippen LogP contribution in [0.2, 0.25) is 0 Å². The van der Waals surface area contributed by atoms with Crippen molar-refractivity contribution in [1.29, 1.82) is 0 Å². The Morgan fingerprint density at radius 3 is 2.77 bits per heavy atom. The molecule has 1 aromatic carbocycles. The van der Waals surface area contributed by atoms with Crippen LogP contribution in [0.5, 0.6) is 0 Å². The van der Waals surface area contributed by atoms with Crippen LogP contribution in [-0.4, -0.2) is 29.1 Å². The molecule has 4 aromatic rings. The molecule has 0 bridgehead atoms. The molecule has 0 fully saturated rings. The zero-order valence-electron chi connectivity index (χ0n) is 14.2. The summed E-state index contributed by atoms with van der Waals surface area (Å²) in [6, 6.07) is 7.73. The number of H-pyrrole nitrogens is 2. The Labute approximate surface area is 151 Å². The summed E-state index contributed by atoms with van der Waals surface area (Å²) in [5.41, 5.74) is 1.56. The fraction of sp³-hybridized carbons (Fsp3) is 0.176. The van der Waals surface area contributed by atoms with Crippen LogP contribution in [-0.2, 0) is 13.6 Å². The maximum absolute atomic E-state index is 12.4. The van der Waals surface area contributed by atoms with Gasteiger partial charge in [0.05, 0.1) is 11.0 Å². The SMILES string of the molecule is CC=CCn1c(Sc2nc3ccccc3[nH]2)nc2c1c(=O)[nH]c(=O)n2C. The van der Waals surface area contributed by atoms with Gasteiger partial charge in [-0.2, -0.15) is 0 Å². The van der Waals surface area contributed by atoms with Gasteiger partial charge in [0.25, 0.3) is 5.56 Å². The minimum Gasteiger partial charge on any atom is -0.333 e. The Morgan fingerprint density at radius 2 is 2.00 bits per heavy atom. The van der Waals surface area contributed by atoms with Gasteiger partial charge in [0.15, 0.2) is 21.5 Å². The van der Waals surface area contributed by atoms with Crippen molar-refractivity contribution < 1.29 is 0 Å². The lowest BCUT2D eigenvalue weighted by Crippen LogP contribution is -2.29. The molecule has 2 N–H and O–H groups in total. The fourth-order valence-corrected chi connectivity index (χ4v) is 3.62. The molecule has 132 valence electrons. The number of aromatic nitrogens is 6. The first-order chi connectivity index (χ1) is 12.6. The highest BCUT2D eigenvalue weighted by atomic mass is 32.2. The molecule has 0 aliphatic heterocycles. The number of allylic oxidation sites excluding steroid dienone is 2. The first kappa shape index (κ1) is 16.4. The van der Waals surface area contributed by atoms with Crippen molar-refractivity contribution in [3.8, 4) is 0 Å². The summed E-state index contributed by atoms with van der Waals surface area (Å²) in [6.07, 6.45) is 3.83. The molecule has 0 saturated carbocycles. The van der Waals surface area contributed by atoms with Gasteiger partial charge in [0, 0.05) is 13.6 Å². The Kier molecular flexibility index (Phi) is 4.00. The summed E-state index contributed by atoms with van der Waals surface area (Å²) in [7, 11) is 1.59. The van der Waals surface area contributed by atoms with Gasteiger partial charge < -0.3 is 9.55 Å². The minimum atomic E-state index is -0.488. The second-order valence-electron chi connectivity index (χ2n) is 5.73. The monoisotopic (exact) mass is 368 g/mol. The predicted molar refractivity (Wildman–Crippen MR) is 101 cm³/mol. The number of hydrogen-bond acceptors (Lipinski definition) is 5. The molecule has 0 saturated heterocycles. The molecule has 0 aliphatic carbocycles. The normalized spacial score (nSPS) is 11.9. The molecule has 0 amide bonds. The predicted octanol–water partition coefficient (Wildman–Crippen LogP) is 2.03. The first-order valence-electron chi connectivity index (χ1n) is 8.02. The number of nitrogens with one attached hydrogen (secondary N) is 2. The van der Waals surface area contributed by atoms with Crippen molar-refractivity contribution >= 4 is 34.0 Å². The van der Waals surface area contributed by atoms with Gasteiger partial charge in [-0.3, -0.25) is 14.3 Å². The third-order valence-electron chi connectivity index (χ3n) is 4.05. The Morgan fingerprint density at radius 1 is 1.19 bits per heavy atom. The lowest BCUT2D eigenvalue weighted by Gasteiger charge is -2.04. The van der Waals surface area contributed by atoms with Crippen LogP contribution in [0.25, 0.3) is 22.2 Å². The minimum absolute atomic E-state index is 0.349. The van der Waals surface area contributed by atoms with E-state index in [9.17, 15) is 9.59 Å². The molecule has 4 rings (SSSR count). The number of fused-ring (bicyclic) bond motifs is 2. The van der Waals surface area contributed by atoms with E-state index in [1.165, 1.54) is 16.3 Å². The van der Waals surface area contributed by atoms with Crippen molar-refractivity contribution in [2.75, 3.05) is 0 Å². The van der Waals surface area contributed by atoms with E-state index in [1.807, 2.05) is 43.3 Å². The van der Waals surface area contributed by atoms with E-state index in [4.69, 9.17) is 0 Å². The number of imidazole rings is 2. The molecule has 26 heavy (non-hydrogen) atoms. The van der Waals surface area contributed by atoms with Gasteiger partial charge in [-0.15, -0.1) is 0 Å². The fourth-order valence-electron chi connectivity index (χ4n) is 2.74. The van der Waals surface area contributed by atoms with Crippen molar-refractivity contribution in [1.82, 2.24) is 29.1 Å². The van der Waals surface area contributed by atoms with E-state index >= 15 is 0 Å². The van der Waals surface area contributed by atoms with Crippen LogP contribution in [0.3, 0.4) is 0 Å². The molecule has 0 atom stereocenters. The number of nitrogens with zero attached hydrogens (tertiary/aromatic N) is 4. The highest BCUT2D eigenvalue weighted by molar-refractivity contribution is 7.99. The number of aromatic amines is 2. The smallest absolute Gasteiger partial charge is 0.329 e. The quantitative estimate of drug-likeness (QED) is 0.537. The third-order valence-corrected chi connectivity index (χ3v) is 4.93. The largest absolute Gasteiger partial charge is 0.333 e. The zero-order chi connectivity index (χ0) is 18.3. The summed E-state index contributed by atoms with van der Waals surface area (Å²) in [5.74, 6) is 0. The lowest BCUT2D eigenvalue weighted by atomic mass is 10.3. The van der Waals surface area contributed by atoms with Gasteiger partial charge >= 0.3 is 5.69 Å². The molecule has 3 aromatic heterocycles. The highest BCUT2D eigenvalue weighted by Crippen LogP contribution is 2.28. The van der Waals surface area contributed by atoms with Crippen LogP contribution in [0.15, 0.2) is 56.3 Å². The average molecular weight is 368 g/mol. The number of para-hydroxylation sites is 2. The first-order valence-corrected chi connectivity index (χ1v) is 8.83. The van der Waals surface area contributed by atoms with Crippen LogP contribution in [0.1, 0.15) is 6.92 Å². The van der Waals surface area contributed by atoms with Crippen molar-refractivity contribution in [2.24, 2.45) is 7.05 Å². The van der Waals surface area contributed by atoms with Crippen LogP contribution in [0, 0.1) is 0 Å². The second-order valence-corrected chi connectivity index (χ2v) is 6.68. The lowest BCUT2D eigenvalue weighted by molar-refractivity contribution is 0.742. The van der Waals surface area contributed by atoms with Crippen LogP contribution >= 0.6 is 11.8 Å². The summed E-state index contributed by atoms with van der Waals surface area (Å²) < 4.78 is 3.12. The zero-order valence-corrected chi connectivity index (χ0v) is 15.0. The van der Waals surface area contributed by atoms with E-state index in [-0.39, 0.29) is 0 Å². The maximum Gasteiger partial charge on any atom is 0.329 e. The van der Waals surface area contributed by atoms with E-state index in [0.29, 0.717) is 28.0 Å². The summed E-state index contributed by atoms with van der Waals surface area (Å²) in [4.78, 5) is 38.9.